The topological polar surface area (TPSA) is 188 Å². The van der Waals surface area contributed by atoms with Crippen LogP contribution in [0.25, 0.3) is 0 Å². The third-order valence-corrected chi connectivity index (χ3v) is 6.04. The van der Waals surface area contributed by atoms with Gasteiger partial charge >= 0.3 is 18.1 Å². The molecule has 0 bridgehead atoms. The summed E-state index contributed by atoms with van der Waals surface area (Å²) in [5.74, 6) is -2.74. The number of thiazole rings is 1. The van der Waals surface area contributed by atoms with Gasteiger partial charge in [-0.15, -0.1) is 11.3 Å². The first-order valence-electron chi connectivity index (χ1n) is 12.0. The van der Waals surface area contributed by atoms with Crippen molar-refractivity contribution in [1.29, 1.82) is 0 Å². The molecular weight excluding hydrogens is 540 g/mol. The lowest BCUT2D eigenvalue weighted by atomic mass is 10.2. The number of amides is 5. The monoisotopic (exact) mass is 568 g/mol. The van der Waals surface area contributed by atoms with E-state index in [2.05, 4.69) is 31.6 Å². The van der Waals surface area contributed by atoms with Crippen LogP contribution in [-0.4, -0.2) is 58.6 Å². The van der Waals surface area contributed by atoms with Crippen LogP contribution in [0.15, 0.2) is 66.0 Å². The zero-order valence-corrected chi connectivity index (χ0v) is 22.2. The molecule has 0 spiro atoms. The molecule has 3 aromatic rings. The Kier molecular flexibility index (Phi) is 11.0. The van der Waals surface area contributed by atoms with Gasteiger partial charge in [0, 0.05) is 18.5 Å². The van der Waals surface area contributed by atoms with E-state index in [1.807, 2.05) is 30.3 Å². The Morgan fingerprint density at radius 2 is 1.57 bits per heavy atom. The van der Waals surface area contributed by atoms with E-state index in [4.69, 9.17) is 4.74 Å². The Bertz CT molecular complexity index is 1320. The molecule has 0 unspecified atom stereocenters. The molecular formula is C26H28N6O7S. The molecule has 0 saturated heterocycles. The SMILES string of the molecule is C[C@@H](NC(=O)c1csc(NC(=O)NCc2ccccc2)n1)C(=O)NC[C@H](NC(=O)OCc1ccccc1)C(=O)O. The lowest BCUT2D eigenvalue weighted by Gasteiger charge is -2.18. The Morgan fingerprint density at radius 1 is 0.925 bits per heavy atom. The molecule has 2 aromatic carbocycles. The van der Waals surface area contributed by atoms with Gasteiger partial charge in [0.1, 0.15) is 24.4 Å². The summed E-state index contributed by atoms with van der Waals surface area (Å²) in [6.07, 6.45) is -0.964. The van der Waals surface area contributed by atoms with Crippen LogP contribution < -0.4 is 26.6 Å². The van der Waals surface area contributed by atoms with Crippen LogP contribution in [0, 0.1) is 0 Å². The number of nitrogens with zero attached hydrogens (tertiary/aromatic N) is 1. The van der Waals surface area contributed by atoms with Crippen LogP contribution in [0.4, 0.5) is 14.7 Å². The number of aromatic nitrogens is 1. The van der Waals surface area contributed by atoms with Crippen molar-refractivity contribution in [2.24, 2.45) is 0 Å². The lowest BCUT2D eigenvalue weighted by molar-refractivity contribution is -0.139. The second kappa shape index (κ2) is 14.8. The summed E-state index contributed by atoms with van der Waals surface area (Å²) in [6, 6.07) is 15.1. The first kappa shape index (κ1) is 29.6. The Labute approximate surface area is 233 Å². The van der Waals surface area contributed by atoms with Crippen molar-refractivity contribution in [3.63, 3.8) is 0 Å². The predicted octanol–water partition coefficient (Wildman–Crippen LogP) is 2.08. The average Bonchev–Trinajstić information content (AvgIpc) is 3.42. The number of hydrogen-bond acceptors (Lipinski definition) is 8. The first-order chi connectivity index (χ1) is 19.2. The van der Waals surface area contributed by atoms with Crippen molar-refractivity contribution in [3.05, 3.63) is 82.9 Å². The molecule has 0 radical (unpaired) electrons. The molecule has 0 saturated carbocycles. The molecule has 14 heteroatoms. The van der Waals surface area contributed by atoms with Crippen LogP contribution in [0.2, 0.25) is 0 Å². The number of hydrogen-bond donors (Lipinski definition) is 6. The highest BCUT2D eigenvalue weighted by Crippen LogP contribution is 2.15. The zero-order chi connectivity index (χ0) is 28.9. The number of carboxylic acid groups (broad SMARTS) is 1. The van der Waals surface area contributed by atoms with E-state index < -0.39 is 48.5 Å². The van der Waals surface area contributed by atoms with Crippen molar-refractivity contribution in [1.82, 2.24) is 26.3 Å². The van der Waals surface area contributed by atoms with E-state index >= 15 is 0 Å². The molecule has 0 aliphatic rings. The van der Waals surface area contributed by atoms with Gasteiger partial charge in [-0.3, -0.25) is 14.9 Å². The van der Waals surface area contributed by atoms with Crippen molar-refractivity contribution < 1.29 is 33.8 Å². The minimum atomic E-state index is -1.46. The van der Waals surface area contributed by atoms with Crippen molar-refractivity contribution >= 4 is 46.4 Å². The second-order valence-electron chi connectivity index (χ2n) is 8.37. The maximum Gasteiger partial charge on any atom is 0.408 e. The molecule has 5 amide bonds. The fraction of sp³-hybridized carbons (Fsp3) is 0.231. The Balaban J connectivity index is 1.41. The molecule has 2 atom stereocenters. The summed E-state index contributed by atoms with van der Waals surface area (Å²) < 4.78 is 5.01. The highest BCUT2D eigenvalue weighted by Gasteiger charge is 2.24. The third kappa shape index (κ3) is 9.72. The van der Waals surface area contributed by atoms with Crippen LogP contribution >= 0.6 is 11.3 Å². The lowest BCUT2D eigenvalue weighted by Crippen LogP contribution is -2.52. The molecule has 210 valence electrons. The highest BCUT2D eigenvalue weighted by atomic mass is 32.1. The van der Waals surface area contributed by atoms with Crippen molar-refractivity contribution in [2.75, 3.05) is 11.9 Å². The molecule has 1 heterocycles. The first-order valence-corrected chi connectivity index (χ1v) is 12.9. The van der Waals surface area contributed by atoms with Crippen LogP contribution in [0.5, 0.6) is 0 Å². The molecule has 13 nitrogen and oxygen atoms in total. The molecule has 0 aliphatic heterocycles. The van der Waals surface area contributed by atoms with Crippen LogP contribution in [0.1, 0.15) is 28.5 Å². The smallest absolute Gasteiger partial charge is 0.408 e. The van der Waals surface area contributed by atoms with Gasteiger partial charge in [-0.2, -0.15) is 0 Å². The standard InChI is InChI=1S/C26H28N6O7S/c1-16(21(33)27-13-19(23(35)36)31-26(38)39-14-18-10-6-3-7-11-18)29-22(34)20-15-40-25(30-20)32-24(37)28-12-17-8-4-2-5-9-17/h2-11,15-16,19H,12-14H2,1H3,(H,27,33)(H,29,34)(H,31,38)(H,35,36)(H2,28,30,32,37)/t16-,19+/m1/s1. The fourth-order valence-electron chi connectivity index (χ4n) is 3.15. The van der Waals surface area contributed by atoms with E-state index in [9.17, 15) is 29.1 Å². The van der Waals surface area contributed by atoms with E-state index in [-0.39, 0.29) is 17.4 Å². The number of aliphatic carboxylic acids is 1. The van der Waals surface area contributed by atoms with Crippen molar-refractivity contribution in [3.8, 4) is 0 Å². The number of urea groups is 1. The van der Waals surface area contributed by atoms with Gasteiger partial charge in [0.25, 0.3) is 5.91 Å². The summed E-state index contributed by atoms with van der Waals surface area (Å²) in [4.78, 5) is 64.6. The average molecular weight is 569 g/mol. The summed E-state index contributed by atoms with van der Waals surface area (Å²) in [5, 5.41) is 23.2. The number of nitrogens with one attached hydrogen (secondary N) is 5. The quantitative estimate of drug-likeness (QED) is 0.191. The number of carbonyl (C=O) groups is 5. The van der Waals surface area contributed by atoms with Gasteiger partial charge in [0.05, 0.1) is 0 Å². The van der Waals surface area contributed by atoms with Gasteiger partial charge in [-0.1, -0.05) is 60.7 Å². The molecule has 0 fully saturated rings. The number of ether oxygens (including phenoxy) is 1. The molecule has 3 rings (SSSR count). The van der Waals surface area contributed by atoms with Gasteiger partial charge in [-0.05, 0) is 18.1 Å². The molecule has 40 heavy (non-hydrogen) atoms. The van der Waals surface area contributed by atoms with Crippen molar-refractivity contribution in [2.45, 2.75) is 32.2 Å². The largest absolute Gasteiger partial charge is 0.480 e. The van der Waals surface area contributed by atoms with Crippen LogP contribution in [0.3, 0.4) is 0 Å². The summed E-state index contributed by atoms with van der Waals surface area (Å²) in [6.45, 7) is 1.20. The normalized spacial score (nSPS) is 11.8. The maximum atomic E-state index is 12.5. The van der Waals surface area contributed by atoms with Gasteiger partial charge < -0.3 is 31.1 Å². The third-order valence-electron chi connectivity index (χ3n) is 5.28. The maximum absolute atomic E-state index is 12.5. The predicted molar refractivity (Wildman–Crippen MR) is 146 cm³/mol. The van der Waals surface area contributed by atoms with E-state index in [1.54, 1.807) is 30.3 Å². The number of benzene rings is 2. The number of rotatable bonds is 12. The van der Waals surface area contributed by atoms with Gasteiger partial charge in [0.15, 0.2) is 5.13 Å². The highest BCUT2D eigenvalue weighted by molar-refractivity contribution is 7.14. The minimum Gasteiger partial charge on any atom is -0.480 e. The van der Waals surface area contributed by atoms with Gasteiger partial charge in [0.2, 0.25) is 5.91 Å². The molecule has 6 N–H and O–H groups in total. The van der Waals surface area contributed by atoms with Gasteiger partial charge in [-0.25, -0.2) is 19.4 Å². The molecule has 0 aliphatic carbocycles. The Morgan fingerprint density at radius 3 is 2.23 bits per heavy atom. The Hall–Kier alpha value is -4.98. The summed E-state index contributed by atoms with van der Waals surface area (Å²) in [5.41, 5.74) is 1.61. The number of carboxylic acids is 1. The summed E-state index contributed by atoms with van der Waals surface area (Å²) >= 11 is 1.03. The van der Waals surface area contributed by atoms with Crippen LogP contribution in [-0.2, 0) is 27.5 Å². The number of alkyl carbamates (subject to hydrolysis) is 1. The summed E-state index contributed by atoms with van der Waals surface area (Å²) in [7, 11) is 0. The second-order valence-corrected chi connectivity index (χ2v) is 9.23. The number of carbonyl (C=O) groups excluding carboxylic acids is 4. The molecule has 1 aromatic heterocycles. The van der Waals surface area contributed by atoms with E-state index in [0.717, 1.165) is 22.5 Å². The van der Waals surface area contributed by atoms with E-state index in [0.29, 0.717) is 6.54 Å². The minimum absolute atomic E-state index is 0.0192. The number of anilines is 1. The zero-order valence-electron chi connectivity index (χ0n) is 21.4. The fourth-order valence-corrected chi connectivity index (χ4v) is 3.84. The van der Waals surface area contributed by atoms with E-state index in [1.165, 1.54) is 12.3 Å².